The lowest BCUT2D eigenvalue weighted by Gasteiger charge is -2.11. The molecule has 1 aliphatic carbocycles. The monoisotopic (exact) mass is 249 g/mol. The van der Waals surface area contributed by atoms with Crippen molar-refractivity contribution in [2.75, 3.05) is 6.54 Å². The zero-order valence-electron chi connectivity index (χ0n) is 7.66. The molecule has 1 fully saturated rings. The minimum atomic E-state index is -0.754. The van der Waals surface area contributed by atoms with Crippen molar-refractivity contribution < 1.29 is 9.90 Å². The summed E-state index contributed by atoms with van der Waals surface area (Å²) in [7, 11) is 0. The quantitative estimate of drug-likeness (QED) is 0.836. The minimum Gasteiger partial charge on any atom is -0.481 e. The molecule has 1 rings (SSSR count). The molecule has 0 aliphatic heterocycles. The third kappa shape index (κ3) is 5.80. The molecule has 0 aromatic rings. The second kappa shape index (κ2) is 7.06. The second-order valence-electron chi connectivity index (χ2n) is 3.15. The molecule has 3 nitrogen and oxygen atoms in total. The number of aliphatic carboxylic acids is 1. The Kier molecular flexibility index (Phi) is 6.86. The fourth-order valence-corrected chi connectivity index (χ4v) is 1.43. The normalized spacial score (nSPS) is 16.2. The van der Waals surface area contributed by atoms with Gasteiger partial charge in [0.25, 0.3) is 0 Å². The van der Waals surface area contributed by atoms with Crippen LogP contribution in [0.2, 0.25) is 0 Å². The van der Waals surface area contributed by atoms with Gasteiger partial charge in [-0.1, -0.05) is 6.42 Å². The van der Waals surface area contributed by atoms with Crippen LogP contribution in [0, 0.1) is 0 Å². The standard InChI is InChI=1S/C9H15NO2.BrH/c11-9(12)6-7-10-8-4-2-1-3-5-8;/h1-7H2,(H,11,12);1H. The number of aliphatic imine (C=N–C) groups is 1. The Morgan fingerprint density at radius 2 is 1.92 bits per heavy atom. The van der Waals surface area contributed by atoms with E-state index in [1.807, 2.05) is 0 Å². The highest BCUT2D eigenvalue weighted by Gasteiger charge is 2.05. The molecule has 0 aromatic heterocycles. The highest BCUT2D eigenvalue weighted by Crippen LogP contribution is 2.14. The van der Waals surface area contributed by atoms with Gasteiger partial charge in [-0.15, -0.1) is 17.0 Å². The number of carboxylic acids is 1. The summed E-state index contributed by atoms with van der Waals surface area (Å²) >= 11 is 0. The third-order valence-electron chi connectivity index (χ3n) is 2.09. The molecule has 0 atom stereocenters. The molecule has 0 spiro atoms. The van der Waals surface area contributed by atoms with Gasteiger partial charge in [-0.25, -0.2) is 0 Å². The third-order valence-corrected chi connectivity index (χ3v) is 2.09. The van der Waals surface area contributed by atoms with Gasteiger partial charge in [0.2, 0.25) is 0 Å². The molecule has 0 heterocycles. The lowest BCUT2D eigenvalue weighted by atomic mass is 9.98. The minimum absolute atomic E-state index is 0. The molecule has 0 radical (unpaired) electrons. The number of halogens is 1. The number of hydrogen-bond acceptors (Lipinski definition) is 2. The van der Waals surface area contributed by atoms with E-state index in [4.69, 9.17) is 5.11 Å². The fourth-order valence-electron chi connectivity index (χ4n) is 1.43. The number of rotatable bonds is 3. The molecule has 0 saturated heterocycles. The van der Waals surface area contributed by atoms with E-state index in [2.05, 4.69) is 4.99 Å². The average molecular weight is 250 g/mol. The summed E-state index contributed by atoms with van der Waals surface area (Å²) in [5.74, 6) is -0.754. The largest absolute Gasteiger partial charge is 0.481 e. The molecule has 13 heavy (non-hydrogen) atoms. The molecular formula is C9H16BrNO2. The Bertz CT molecular complexity index is 184. The summed E-state index contributed by atoms with van der Waals surface area (Å²) in [6.07, 6.45) is 6.10. The molecule has 76 valence electrons. The Morgan fingerprint density at radius 1 is 1.31 bits per heavy atom. The van der Waals surface area contributed by atoms with Gasteiger partial charge in [0.15, 0.2) is 0 Å². The van der Waals surface area contributed by atoms with E-state index in [1.54, 1.807) is 0 Å². The fraction of sp³-hybridized carbons (Fsp3) is 0.778. The molecular weight excluding hydrogens is 234 g/mol. The maximum Gasteiger partial charge on any atom is 0.305 e. The summed E-state index contributed by atoms with van der Waals surface area (Å²) in [5, 5.41) is 8.37. The Labute approximate surface area is 89.0 Å². The van der Waals surface area contributed by atoms with Gasteiger partial charge < -0.3 is 5.11 Å². The summed E-state index contributed by atoms with van der Waals surface area (Å²) in [5.41, 5.74) is 1.22. The van der Waals surface area contributed by atoms with Crippen LogP contribution in [-0.2, 0) is 4.79 Å². The summed E-state index contributed by atoms with van der Waals surface area (Å²) in [6.45, 7) is 0.463. The van der Waals surface area contributed by atoms with Crippen LogP contribution < -0.4 is 0 Å². The number of nitrogens with zero attached hydrogens (tertiary/aromatic N) is 1. The van der Waals surface area contributed by atoms with Crippen LogP contribution in [0.5, 0.6) is 0 Å². The molecule has 0 aromatic carbocycles. The van der Waals surface area contributed by atoms with Gasteiger partial charge in [0, 0.05) is 12.3 Å². The zero-order chi connectivity index (χ0) is 8.81. The van der Waals surface area contributed by atoms with Crippen molar-refractivity contribution in [2.45, 2.75) is 38.5 Å². The predicted molar refractivity (Wildman–Crippen MR) is 58.0 cm³/mol. The Morgan fingerprint density at radius 3 is 2.46 bits per heavy atom. The van der Waals surface area contributed by atoms with Gasteiger partial charge in [-0.05, 0) is 25.7 Å². The van der Waals surface area contributed by atoms with E-state index in [9.17, 15) is 4.79 Å². The van der Waals surface area contributed by atoms with Crippen molar-refractivity contribution >= 4 is 28.7 Å². The van der Waals surface area contributed by atoms with Crippen LogP contribution in [0.4, 0.5) is 0 Å². The summed E-state index contributed by atoms with van der Waals surface area (Å²) in [4.78, 5) is 14.4. The highest BCUT2D eigenvalue weighted by molar-refractivity contribution is 8.93. The molecule has 1 saturated carbocycles. The maximum atomic E-state index is 10.2. The number of carbonyl (C=O) groups is 1. The SMILES string of the molecule is Br.O=C(O)CCN=C1CCCCC1. The van der Waals surface area contributed by atoms with Crippen molar-refractivity contribution in [3.8, 4) is 0 Å². The van der Waals surface area contributed by atoms with E-state index < -0.39 is 5.97 Å². The van der Waals surface area contributed by atoms with E-state index in [0.717, 1.165) is 12.8 Å². The van der Waals surface area contributed by atoms with Crippen LogP contribution in [0.15, 0.2) is 4.99 Å². The zero-order valence-corrected chi connectivity index (χ0v) is 9.37. The predicted octanol–water partition coefficient (Wildman–Crippen LogP) is 2.44. The van der Waals surface area contributed by atoms with Crippen molar-refractivity contribution in [1.29, 1.82) is 0 Å². The lowest BCUT2D eigenvalue weighted by molar-refractivity contribution is -0.136. The highest BCUT2D eigenvalue weighted by atomic mass is 79.9. The van der Waals surface area contributed by atoms with E-state index in [0.29, 0.717) is 6.54 Å². The number of carboxylic acid groups (broad SMARTS) is 1. The van der Waals surface area contributed by atoms with Gasteiger partial charge >= 0.3 is 5.97 Å². The maximum absolute atomic E-state index is 10.2. The summed E-state index contributed by atoms with van der Waals surface area (Å²) in [6, 6.07) is 0. The second-order valence-corrected chi connectivity index (χ2v) is 3.15. The summed E-state index contributed by atoms with van der Waals surface area (Å²) < 4.78 is 0. The molecule has 1 N–H and O–H groups in total. The molecule has 1 aliphatic rings. The molecule has 4 heteroatoms. The average Bonchev–Trinajstić information content (AvgIpc) is 2.05. The van der Waals surface area contributed by atoms with Crippen LogP contribution in [-0.4, -0.2) is 23.3 Å². The van der Waals surface area contributed by atoms with Crippen molar-refractivity contribution in [2.24, 2.45) is 4.99 Å². The van der Waals surface area contributed by atoms with Crippen molar-refractivity contribution in [3.63, 3.8) is 0 Å². The Balaban J connectivity index is 0.00000144. The van der Waals surface area contributed by atoms with E-state index in [-0.39, 0.29) is 23.4 Å². The first-order valence-electron chi connectivity index (χ1n) is 4.53. The van der Waals surface area contributed by atoms with Gasteiger partial charge in [-0.2, -0.15) is 0 Å². The first kappa shape index (κ1) is 12.6. The van der Waals surface area contributed by atoms with Gasteiger partial charge in [0.1, 0.15) is 0 Å². The first-order chi connectivity index (χ1) is 5.79. The smallest absolute Gasteiger partial charge is 0.305 e. The van der Waals surface area contributed by atoms with Crippen LogP contribution in [0.25, 0.3) is 0 Å². The number of hydrogen-bond donors (Lipinski definition) is 1. The topological polar surface area (TPSA) is 49.7 Å². The van der Waals surface area contributed by atoms with Gasteiger partial charge in [0.05, 0.1) is 6.42 Å². The van der Waals surface area contributed by atoms with Crippen LogP contribution in [0.1, 0.15) is 38.5 Å². The molecule has 0 bridgehead atoms. The Hall–Kier alpha value is -0.380. The van der Waals surface area contributed by atoms with Crippen molar-refractivity contribution in [3.05, 3.63) is 0 Å². The molecule has 0 amide bonds. The van der Waals surface area contributed by atoms with E-state index >= 15 is 0 Å². The van der Waals surface area contributed by atoms with Crippen LogP contribution >= 0.6 is 17.0 Å². The lowest BCUT2D eigenvalue weighted by Crippen LogP contribution is -2.06. The van der Waals surface area contributed by atoms with Crippen molar-refractivity contribution in [1.82, 2.24) is 0 Å². The first-order valence-corrected chi connectivity index (χ1v) is 4.53. The van der Waals surface area contributed by atoms with E-state index in [1.165, 1.54) is 25.0 Å². The van der Waals surface area contributed by atoms with Crippen LogP contribution in [0.3, 0.4) is 0 Å². The van der Waals surface area contributed by atoms with Gasteiger partial charge in [-0.3, -0.25) is 9.79 Å². The molecule has 0 unspecified atom stereocenters.